The predicted octanol–water partition coefficient (Wildman–Crippen LogP) is 4.26. The number of carbonyl (C=O) groups is 2. The third kappa shape index (κ3) is 3.60. The molecule has 1 atom stereocenters. The quantitative estimate of drug-likeness (QED) is 0.785. The van der Waals surface area contributed by atoms with Gasteiger partial charge in [0.15, 0.2) is 0 Å². The zero-order valence-electron chi connectivity index (χ0n) is 14.0. The summed E-state index contributed by atoms with van der Waals surface area (Å²) in [6.07, 6.45) is 0.545. The first kappa shape index (κ1) is 18.1. The van der Waals surface area contributed by atoms with Crippen LogP contribution >= 0.6 is 11.6 Å². The van der Waals surface area contributed by atoms with Gasteiger partial charge in [0.1, 0.15) is 22.8 Å². The van der Waals surface area contributed by atoms with E-state index in [2.05, 4.69) is 0 Å². The first-order valence-corrected chi connectivity index (χ1v) is 8.52. The van der Waals surface area contributed by atoms with Crippen molar-refractivity contribution in [1.82, 2.24) is 0 Å². The number of hydrogen-bond acceptors (Lipinski definition) is 5. The van der Waals surface area contributed by atoms with Crippen LogP contribution in [-0.4, -0.2) is 30.3 Å². The number of esters is 1. The Morgan fingerprint density at radius 1 is 1.31 bits per heavy atom. The third-order valence-electron chi connectivity index (χ3n) is 4.01. The van der Waals surface area contributed by atoms with Gasteiger partial charge in [0.2, 0.25) is 0 Å². The Balaban J connectivity index is 1.90. The standard InChI is InChI=1S/C19H17ClO6/c1-2-24-19(23)13-8-9-25-16-10-11(6-7-12(13)16)26-15-5-3-4-14(20)17(15)18(21)22/h3-7,10,13H,2,8-9H2,1H3,(H,21,22). The molecule has 1 unspecified atom stereocenters. The van der Waals surface area contributed by atoms with E-state index in [1.165, 1.54) is 12.1 Å². The van der Waals surface area contributed by atoms with Gasteiger partial charge in [-0.25, -0.2) is 4.79 Å². The molecule has 7 heteroatoms. The number of hydrogen-bond donors (Lipinski definition) is 1. The van der Waals surface area contributed by atoms with Gasteiger partial charge in [-0.1, -0.05) is 23.7 Å². The number of halogens is 1. The van der Waals surface area contributed by atoms with Gasteiger partial charge < -0.3 is 19.3 Å². The van der Waals surface area contributed by atoms with E-state index in [-0.39, 0.29) is 28.2 Å². The molecule has 6 nitrogen and oxygen atoms in total. The van der Waals surface area contributed by atoms with Crippen molar-refractivity contribution in [1.29, 1.82) is 0 Å². The summed E-state index contributed by atoms with van der Waals surface area (Å²) >= 11 is 5.95. The molecule has 0 aromatic heterocycles. The van der Waals surface area contributed by atoms with Gasteiger partial charge in [-0.15, -0.1) is 0 Å². The first-order chi connectivity index (χ1) is 12.5. The topological polar surface area (TPSA) is 82.1 Å². The second-order valence-electron chi connectivity index (χ2n) is 5.66. The minimum absolute atomic E-state index is 0.0894. The van der Waals surface area contributed by atoms with Crippen LogP contribution in [0.2, 0.25) is 5.02 Å². The van der Waals surface area contributed by atoms with Crippen LogP contribution in [0.25, 0.3) is 0 Å². The molecule has 3 rings (SSSR count). The molecule has 0 saturated carbocycles. The molecule has 1 aliphatic heterocycles. The van der Waals surface area contributed by atoms with Crippen LogP contribution in [0.1, 0.15) is 35.2 Å². The minimum Gasteiger partial charge on any atom is -0.493 e. The fourth-order valence-corrected chi connectivity index (χ4v) is 3.09. The molecule has 1 N–H and O–H groups in total. The highest BCUT2D eigenvalue weighted by atomic mass is 35.5. The highest BCUT2D eigenvalue weighted by Gasteiger charge is 2.29. The molecule has 26 heavy (non-hydrogen) atoms. The van der Waals surface area contributed by atoms with Crippen molar-refractivity contribution in [3.8, 4) is 17.2 Å². The van der Waals surface area contributed by atoms with Crippen LogP contribution in [0.5, 0.6) is 17.2 Å². The Bertz CT molecular complexity index is 848. The van der Waals surface area contributed by atoms with E-state index in [1.54, 1.807) is 31.2 Å². The lowest BCUT2D eigenvalue weighted by Crippen LogP contribution is -2.23. The van der Waals surface area contributed by atoms with Gasteiger partial charge in [0.25, 0.3) is 0 Å². The molecule has 1 heterocycles. The summed E-state index contributed by atoms with van der Waals surface area (Å²) in [5, 5.41) is 9.41. The highest BCUT2D eigenvalue weighted by molar-refractivity contribution is 6.33. The van der Waals surface area contributed by atoms with E-state index >= 15 is 0 Å². The normalized spacial score (nSPS) is 15.5. The molecule has 0 amide bonds. The SMILES string of the molecule is CCOC(=O)C1CCOc2cc(Oc3cccc(Cl)c3C(=O)O)ccc21. The van der Waals surface area contributed by atoms with Gasteiger partial charge in [0, 0.05) is 11.6 Å². The summed E-state index contributed by atoms with van der Waals surface area (Å²) < 4.78 is 16.4. The fourth-order valence-electron chi connectivity index (χ4n) is 2.84. The number of ether oxygens (including phenoxy) is 3. The summed E-state index contributed by atoms with van der Waals surface area (Å²) in [6, 6.07) is 9.64. The van der Waals surface area contributed by atoms with Gasteiger partial charge in [0.05, 0.1) is 24.2 Å². The molecular formula is C19H17ClO6. The molecule has 0 fully saturated rings. The molecule has 2 aromatic carbocycles. The molecule has 0 radical (unpaired) electrons. The van der Waals surface area contributed by atoms with E-state index in [9.17, 15) is 14.7 Å². The second-order valence-corrected chi connectivity index (χ2v) is 6.07. The van der Waals surface area contributed by atoms with Crippen molar-refractivity contribution in [3.63, 3.8) is 0 Å². The summed E-state index contributed by atoms with van der Waals surface area (Å²) in [6.45, 7) is 2.47. The van der Waals surface area contributed by atoms with Crippen LogP contribution in [0, 0.1) is 0 Å². The van der Waals surface area contributed by atoms with E-state index in [0.717, 1.165) is 5.56 Å². The average molecular weight is 377 g/mol. The van der Waals surface area contributed by atoms with Crippen LogP contribution in [-0.2, 0) is 9.53 Å². The number of fused-ring (bicyclic) bond motifs is 1. The maximum absolute atomic E-state index is 12.1. The average Bonchev–Trinajstić information content (AvgIpc) is 2.61. The number of carboxylic acids is 1. The van der Waals surface area contributed by atoms with E-state index in [4.69, 9.17) is 25.8 Å². The van der Waals surface area contributed by atoms with Gasteiger partial charge >= 0.3 is 11.9 Å². The maximum atomic E-state index is 12.1. The summed E-state index contributed by atoms with van der Waals surface area (Å²) in [7, 11) is 0. The lowest BCUT2D eigenvalue weighted by atomic mass is 9.93. The molecule has 1 aliphatic rings. The van der Waals surface area contributed by atoms with Crippen LogP contribution in [0.3, 0.4) is 0 Å². The van der Waals surface area contributed by atoms with Gasteiger partial charge in [-0.05, 0) is 31.5 Å². The van der Waals surface area contributed by atoms with Crippen molar-refractivity contribution >= 4 is 23.5 Å². The fraction of sp³-hybridized carbons (Fsp3) is 0.263. The highest BCUT2D eigenvalue weighted by Crippen LogP contribution is 2.39. The lowest BCUT2D eigenvalue weighted by Gasteiger charge is -2.25. The molecule has 0 bridgehead atoms. The van der Waals surface area contributed by atoms with E-state index in [0.29, 0.717) is 31.1 Å². The lowest BCUT2D eigenvalue weighted by molar-refractivity contribution is -0.145. The molecule has 0 aliphatic carbocycles. The van der Waals surface area contributed by atoms with Crippen LogP contribution in [0.4, 0.5) is 0 Å². The number of benzene rings is 2. The Hall–Kier alpha value is -2.73. The largest absolute Gasteiger partial charge is 0.493 e. The zero-order chi connectivity index (χ0) is 18.7. The Kier molecular flexibility index (Phi) is 5.32. The predicted molar refractivity (Wildman–Crippen MR) is 94.4 cm³/mol. The molecular weight excluding hydrogens is 360 g/mol. The Morgan fingerprint density at radius 3 is 2.85 bits per heavy atom. The summed E-state index contributed by atoms with van der Waals surface area (Å²) in [5.74, 6) is -0.809. The molecule has 136 valence electrons. The van der Waals surface area contributed by atoms with Crippen molar-refractivity contribution in [2.75, 3.05) is 13.2 Å². The monoisotopic (exact) mass is 376 g/mol. The van der Waals surface area contributed by atoms with Crippen LogP contribution < -0.4 is 9.47 Å². The van der Waals surface area contributed by atoms with Crippen LogP contribution in [0.15, 0.2) is 36.4 Å². The number of carbonyl (C=O) groups excluding carboxylic acids is 1. The maximum Gasteiger partial charge on any atom is 0.341 e. The number of aromatic carboxylic acids is 1. The van der Waals surface area contributed by atoms with E-state index in [1.807, 2.05) is 0 Å². The molecule has 2 aromatic rings. The Labute approximate surface area is 155 Å². The second kappa shape index (κ2) is 7.66. The Morgan fingerprint density at radius 2 is 2.12 bits per heavy atom. The van der Waals surface area contributed by atoms with E-state index < -0.39 is 5.97 Å². The summed E-state index contributed by atoms with van der Waals surface area (Å²) in [4.78, 5) is 23.5. The van der Waals surface area contributed by atoms with Crippen molar-refractivity contribution < 1.29 is 28.9 Å². The van der Waals surface area contributed by atoms with Gasteiger partial charge in [-0.3, -0.25) is 4.79 Å². The van der Waals surface area contributed by atoms with Crippen molar-refractivity contribution in [2.45, 2.75) is 19.3 Å². The smallest absolute Gasteiger partial charge is 0.341 e. The van der Waals surface area contributed by atoms with Crippen molar-refractivity contribution in [2.24, 2.45) is 0 Å². The minimum atomic E-state index is -1.18. The molecule has 0 spiro atoms. The zero-order valence-corrected chi connectivity index (χ0v) is 14.8. The van der Waals surface area contributed by atoms with Gasteiger partial charge in [-0.2, -0.15) is 0 Å². The van der Waals surface area contributed by atoms with Crippen molar-refractivity contribution in [3.05, 3.63) is 52.5 Å². The number of carboxylic acid groups (broad SMARTS) is 1. The summed E-state index contributed by atoms with van der Waals surface area (Å²) in [5.41, 5.74) is 0.615. The third-order valence-corrected chi connectivity index (χ3v) is 4.33. The first-order valence-electron chi connectivity index (χ1n) is 8.14. The molecule has 0 saturated heterocycles. The number of rotatable bonds is 5.